The normalized spacial score (nSPS) is 21.6. The van der Waals surface area contributed by atoms with Crippen LogP contribution >= 0.6 is 0 Å². The molecule has 98 valence electrons. The second kappa shape index (κ2) is 6.24. The van der Waals surface area contributed by atoms with Crippen LogP contribution < -0.4 is 11.1 Å². The van der Waals surface area contributed by atoms with Crippen LogP contribution in [0.15, 0.2) is 4.99 Å². The number of aliphatic imine (C=N–C) groups is 1. The molecule has 2 saturated carbocycles. The fraction of sp³-hybridized carbons (Fsp3) is 0.923. The molecule has 0 radical (unpaired) electrons. The van der Waals surface area contributed by atoms with Crippen LogP contribution in [0.4, 0.5) is 0 Å². The SMILES string of the molecule is CCN(CCNC(N)=NCC1CCC1)C1CC1. The third kappa shape index (κ3) is 4.19. The molecule has 2 rings (SSSR count). The van der Waals surface area contributed by atoms with Crippen LogP contribution in [0, 0.1) is 5.92 Å². The Labute approximate surface area is 105 Å². The van der Waals surface area contributed by atoms with Gasteiger partial charge in [-0.1, -0.05) is 13.3 Å². The Balaban J connectivity index is 1.56. The summed E-state index contributed by atoms with van der Waals surface area (Å²) in [4.78, 5) is 6.91. The Morgan fingerprint density at radius 2 is 2.12 bits per heavy atom. The van der Waals surface area contributed by atoms with Gasteiger partial charge >= 0.3 is 0 Å². The number of nitrogens with one attached hydrogen (secondary N) is 1. The minimum atomic E-state index is 0.628. The largest absolute Gasteiger partial charge is 0.370 e. The molecule has 2 fully saturated rings. The maximum Gasteiger partial charge on any atom is 0.188 e. The van der Waals surface area contributed by atoms with Gasteiger partial charge in [0.1, 0.15) is 0 Å². The van der Waals surface area contributed by atoms with E-state index in [9.17, 15) is 0 Å². The molecule has 0 amide bonds. The number of likely N-dealkylation sites (N-methyl/N-ethyl adjacent to an activating group) is 1. The first-order valence-corrected chi connectivity index (χ1v) is 7.07. The Morgan fingerprint density at radius 1 is 1.35 bits per heavy atom. The fourth-order valence-corrected chi connectivity index (χ4v) is 2.32. The number of nitrogens with two attached hydrogens (primary N) is 1. The molecule has 2 aliphatic rings. The van der Waals surface area contributed by atoms with Crippen molar-refractivity contribution in [3.05, 3.63) is 0 Å². The second-order valence-electron chi connectivity index (χ2n) is 5.31. The van der Waals surface area contributed by atoms with Crippen LogP contribution in [0.3, 0.4) is 0 Å². The average Bonchev–Trinajstić information content (AvgIpc) is 3.06. The van der Waals surface area contributed by atoms with Crippen molar-refractivity contribution < 1.29 is 0 Å². The zero-order chi connectivity index (χ0) is 12.1. The van der Waals surface area contributed by atoms with Crippen LogP contribution in [-0.2, 0) is 0 Å². The van der Waals surface area contributed by atoms with Gasteiger partial charge in [-0.2, -0.15) is 0 Å². The van der Waals surface area contributed by atoms with Gasteiger partial charge in [-0.25, -0.2) is 0 Å². The van der Waals surface area contributed by atoms with Gasteiger partial charge in [0.2, 0.25) is 0 Å². The molecule has 0 aromatic rings. The average molecular weight is 238 g/mol. The van der Waals surface area contributed by atoms with Crippen LogP contribution in [0.25, 0.3) is 0 Å². The summed E-state index contributed by atoms with van der Waals surface area (Å²) in [5.74, 6) is 1.43. The van der Waals surface area contributed by atoms with Crippen molar-refractivity contribution in [2.45, 2.75) is 45.1 Å². The molecule has 4 nitrogen and oxygen atoms in total. The zero-order valence-corrected chi connectivity index (χ0v) is 11.0. The lowest BCUT2D eigenvalue weighted by atomic mass is 9.86. The monoisotopic (exact) mass is 238 g/mol. The van der Waals surface area contributed by atoms with Gasteiger partial charge in [0, 0.05) is 25.7 Å². The third-order valence-corrected chi connectivity index (χ3v) is 3.92. The molecule has 0 atom stereocenters. The molecule has 0 aromatic carbocycles. The number of hydrogen-bond donors (Lipinski definition) is 2. The maximum atomic E-state index is 5.84. The molecule has 4 heteroatoms. The fourth-order valence-electron chi connectivity index (χ4n) is 2.32. The Kier molecular flexibility index (Phi) is 4.66. The van der Waals surface area contributed by atoms with E-state index in [1.807, 2.05) is 0 Å². The van der Waals surface area contributed by atoms with E-state index in [0.717, 1.165) is 38.1 Å². The third-order valence-electron chi connectivity index (χ3n) is 3.92. The lowest BCUT2D eigenvalue weighted by Crippen LogP contribution is -2.39. The molecule has 0 spiro atoms. The molecule has 0 unspecified atom stereocenters. The van der Waals surface area contributed by atoms with Crippen LogP contribution in [0.2, 0.25) is 0 Å². The van der Waals surface area contributed by atoms with Crippen LogP contribution in [0.1, 0.15) is 39.0 Å². The van der Waals surface area contributed by atoms with Crippen molar-refractivity contribution in [1.82, 2.24) is 10.2 Å². The second-order valence-corrected chi connectivity index (χ2v) is 5.31. The van der Waals surface area contributed by atoms with Crippen molar-refractivity contribution >= 4 is 5.96 Å². The summed E-state index contributed by atoms with van der Waals surface area (Å²) in [7, 11) is 0. The predicted molar refractivity (Wildman–Crippen MR) is 72.1 cm³/mol. The van der Waals surface area contributed by atoms with Crippen molar-refractivity contribution in [3.8, 4) is 0 Å². The summed E-state index contributed by atoms with van der Waals surface area (Å²) in [5.41, 5.74) is 5.84. The highest BCUT2D eigenvalue weighted by molar-refractivity contribution is 5.77. The smallest absolute Gasteiger partial charge is 0.188 e. The maximum absolute atomic E-state index is 5.84. The van der Waals surface area contributed by atoms with E-state index in [1.54, 1.807) is 0 Å². The lowest BCUT2D eigenvalue weighted by molar-refractivity contribution is 0.282. The van der Waals surface area contributed by atoms with E-state index in [4.69, 9.17) is 5.73 Å². The Hall–Kier alpha value is -0.770. The highest BCUT2D eigenvalue weighted by atomic mass is 15.2. The topological polar surface area (TPSA) is 53.6 Å². The summed E-state index contributed by atoms with van der Waals surface area (Å²) in [6.07, 6.45) is 6.79. The van der Waals surface area contributed by atoms with Crippen molar-refractivity contribution in [2.75, 3.05) is 26.2 Å². The van der Waals surface area contributed by atoms with Crippen molar-refractivity contribution in [1.29, 1.82) is 0 Å². The molecule has 0 saturated heterocycles. The minimum absolute atomic E-state index is 0.628. The molecule has 0 heterocycles. The summed E-state index contributed by atoms with van der Waals surface area (Å²) in [6, 6.07) is 0.843. The molecule has 0 aliphatic heterocycles. The quantitative estimate of drug-likeness (QED) is 0.517. The van der Waals surface area contributed by atoms with Gasteiger partial charge in [0.25, 0.3) is 0 Å². The van der Waals surface area contributed by atoms with Gasteiger partial charge in [-0.3, -0.25) is 9.89 Å². The molecular formula is C13H26N4. The Morgan fingerprint density at radius 3 is 2.65 bits per heavy atom. The number of guanidine groups is 1. The summed E-state index contributed by atoms with van der Waals surface area (Å²) >= 11 is 0. The Bertz CT molecular complexity index is 256. The molecular weight excluding hydrogens is 212 g/mol. The molecule has 0 bridgehead atoms. The highest BCUT2D eigenvalue weighted by Gasteiger charge is 2.27. The first kappa shape index (κ1) is 12.7. The summed E-state index contributed by atoms with van der Waals surface area (Å²) < 4.78 is 0. The summed E-state index contributed by atoms with van der Waals surface area (Å²) in [5, 5.41) is 3.22. The standard InChI is InChI=1S/C13H26N4/c1-2-17(12-6-7-12)9-8-15-13(14)16-10-11-4-3-5-11/h11-12H,2-10H2,1H3,(H3,14,15,16). The molecule has 3 N–H and O–H groups in total. The van der Waals surface area contributed by atoms with E-state index >= 15 is 0 Å². The van der Waals surface area contributed by atoms with E-state index in [2.05, 4.69) is 22.1 Å². The van der Waals surface area contributed by atoms with E-state index in [-0.39, 0.29) is 0 Å². The number of hydrogen-bond acceptors (Lipinski definition) is 2. The van der Waals surface area contributed by atoms with E-state index in [1.165, 1.54) is 32.1 Å². The lowest BCUT2D eigenvalue weighted by Gasteiger charge is -2.23. The summed E-state index contributed by atoms with van der Waals surface area (Å²) in [6.45, 7) is 6.29. The number of rotatable bonds is 7. The molecule has 0 aromatic heterocycles. The number of nitrogens with zero attached hydrogens (tertiary/aromatic N) is 2. The van der Waals surface area contributed by atoms with Gasteiger partial charge in [0.15, 0.2) is 5.96 Å². The van der Waals surface area contributed by atoms with Gasteiger partial charge in [-0.05, 0) is 38.1 Å². The van der Waals surface area contributed by atoms with E-state index in [0.29, 0.717) is 5.96 Å². The zero-order valence-electron chi connectivity index (χ0n) is 11.0. The van der Waals surface area contributed by atoms with Crippen LogP contribution in [0.5, 0.6) is 0 Å². The van der Waals surface area contributed by atoms with E-state index < -0.39 is 0 Å². The first-order chi connectivity index (χ1) is 8.29. The highest BCUT2D eigenvalue weighted by Crippen LogP contribution is 2.26. The molecule has 17 heavy (non-hydrogen) atoms. The van der Waals surface area contributed by atoms with Crippen molar-refractivity contribution in [2.24, 2.45) is 16.6 Å². The van der Waals surface area contributed by atoms with Gasteiger partial charge in [0.05, 0.1) is 0 Å². The van der Waals surface area contributed by atoms with Gasteiger partial charge in [-0.15, -0.1) is 0 Å². The van der Waals surface area contributed by atoms with Crippen molar-refractivity contribution in [3.63, 3.8) is 0 Å². The predicted octanol–water partition coefficient (Wildman–Crippen LogP) is 1.18. The van der Waals surface area contributed by atoms with Gasteiger partial charge < -0.3 is 11.1 Å². The molecule has 2 aliphatic carbocycles. The van der Waals surface area contributed by atoms with Crippen LogP contribution in [-0.4, -0.2) is 43.1 Å². The first-order valence-electron chi connectivity index (χ1n) is 7.07. The minimum Gasteiger partial charge on any atom is -0.370 e.